The second kappa shape index (κ2) is 9.18. The topological polar surface area (TPSA) is 84.9 Å². The number of aryl methyl sites for hydroxylation is 1. The molecule has 0 bridgehead atoms. The number of amides is 1. The molecule has 28 heavy (non-hydrogen) atoms. The van der Waals surface area contributed by atoms with Crippen LogP contribution in [0.5, 0.6) is 5.75 Å². The summed E-state index contributed by atoms with van der Waals surface area (Å²) in [7, 11) is -3.63. The van der Waals surface area contributed by atoms with Gasteiger partial charge in [0, 0.05) is 19.6 Å². The first-order valence-electron chi connectivity index (χ1n) is 9.09. The summed E-state index contributed by atoms with van der Waals surface area (Å²) >= 11 is 0. The lowest BCUT2D eigenvalue weighted by atomic mass is 10.2. The molecule has 1 fully saturated rings. The van der Waals surface area contributed by atoms with Crippen LogP contribution in [0.1, 0.15) is 11.1 Å². The number of nitrogens with zero attached hydrogens (tertiary/aromatic N) is 1. The Hall–Kier alpha value is -2.42. The van der Waals surface area contributed by atoms with E-state index in [1.165, 1.54) is 4.31 Å². The molecule has 7 nitrogen and oxygen atoms in total. The van der Waals surface area contributed by atoms with Crippen molar-refractivity contribution in [3.05, 3.63) is 59.7 Å². The van der Waals surface area contributed by atoms with E-state index in [0.29, 0.717) is 37.6 Å². The summed E-state index contributed by atoms with van der Waals surface area (Å²) in [6.45, 7) is 3.33. The Kier molecular flexibility index (Phi) is 6.66. The van der Waals surface area contributed by atoms with Gasteiger partial charge in [-0.15, -0.1) is 0 Å². The molecule has 3 rings (SSSR count). The van der Waals surface area contributed by atoms with Gasteiger partial charge in [-0.1, -0.05) is 30.3 Å². The van der Waals surface area contributed by atoms with Crippen molar-refractivity contribution in [1.29, 1.82) is 0 Å². The maximum absolute atomic E-state index is 12.9. The van der Waals surface area contributed by atoms with Crippen molar-refractivity contribution in [2.75, 3.05) is 32.9 Å². The van der Waals surface area contributed by atoms with E-state index in [4.69, 9.17) is 9.47 Å². The first-order chi connectivity index (χ1) is 13.5. The molecule has 8 heteroatoms. The van der Waals surface area contributed by atoms with Gasteiger partial charge in [-0.3, -0.25) is 4.79 Å². The van der Waals surface area contributed by atoms with Crippen LogP contribution in [0.2, 0.25) is 0 Å². The molecule has 0 saturated carbocycles. The fourth-order valence-electron chi connectivity index (χ4n) is 2.93. The lowest BCUT2D eigenvalue weighted by Crippen LogP contribution is -2.41. The zero-order valence-electron chi connectivity index (χ0n) is 15.8. The molecule has 1 heterocycles. The Morgan fingerprint density at radius 1 is 1.14 bits per heavy atom. The van der Waals surface area contributed by atoms with E-state index in [-0.39, 0.29) is 24.0 Å². The van der Waals surface area contributed by atoms with E-state index in [1.807, 2.05) is 25.1 Å². The number of carbonyl (C=O) groups is 1. The molecule has 0 radical (unpaired) electrons. The van der Waals surface area contributed by atoms with Crippen LogP contribution in [0.15, 0.2) is 53.4 Å². The van der Waals surface area contributed by atoms with Gasteiger partial charge < -0.3 is 14.8 Å². The summed E-state index contributed by atoms with van der Waals surface area (Å²) in [5, 5.41) is 2.73. The monoisotopic (exact) mass is 404 g/mol. The number of rotatable bonds is 7. The quantitative estimate of drug-likeness (QED) is 0.759. The van der Waals surface area contributed by atoms with Gasteiger partial charge >= 0.3 is 0 Å². The number of benzene rings is 2. The van der Waals surface area contributed by atoms with Gasteiger partial charge in [0.15, 0.2) is 6.61 Å². The Balaban J connectivity index is 1.62. The number of nitrogens with one attached hydrogen (secondary N) is 1. The lowest BCUT2D eigenvalue weighted by molar-refractivity contribution is -0.123. The van der Waals surface area contributed by atoms with Crippen LogP contribution in [0.4, 0.5) is 0 Å². The van der Waals surface area contributed by atoms with Crippen molar-refractivity contribution in [3.63, 3.8) is 0 Å². The lowest BCUT2D eigenvalue weighted by Gasteiger charge is -2.27. The third-order valence-electron chi connectivity index (χ3n) is 4.40. The van der Waals surface area contributed by atoms with E-state index in [2.05, 4.69) is 5.32 Å². The van der Waals surface area contributed by atoms with Crippen molar-refractivity contribution >= 4 is 15.9 Å². The predicted molar refractivity (Wildman–Crippen MR) is 105 cm³/mol. The minimum Gasteiger partial charge on any atom is -0.484 e. The van der Waals surface area contributed by atoms with Crippen LogP contribution in [0.3, 0.4) is 0 Å². The number of sulfonamides is 1. The highest BCUT2D eigenvalue weighted by molar-refractivity contribution is 7.89. The van der Waals surface area contributed by atoms with Gasteiger partial charge in [0.05, 0.1) is 18.1 Å². The van der Waals surface area contributed by atoms with Crippen molar-refractivity contribution in [1.82, 2.24) is 9.62 Å². The SMILES string of the molecule is Cc1cccc(OCC(=O)NCc2ccccc2S(=O)(=O)N2CCOCC2)c1. The van der Waals surface area contributed by atoms with Gasteiger partial charge in [-0.05, 0) is 36.2 Å². The summed E-state index contributed by atoms with van der Waals surface area (Å²) in [5.41, 5.74) is 1.58. The Morgan fingerprint density at radius 3 is 2.64 bits per heavy atom. The zero-order valence-corrected chi connectivity index (χ0v) is 16.6. The highest BCUT2D eigenvalue weighted by Crippen LogP contribution is 2.21. The van der Waals surface area contributed by atoms with E-state index >= 15 is 0 Å². The van der Waals surface area contributed by atoms with Crippen LogP contribution >= 0.6 is 0 Å². The number of morpholine rings is 1. The van der Waals surface area contributed by atoms with E-state index < -0.39 is 10.0 Å². The number of carbonyl (C=O) groups excluding carboxylic acids is 1. The molecular formula is C20H24N2O5S. The first kappa shape index (κ1) is 20.3. The van der Waals surface area contributed by atoms with E-state index in [9.17, 15) is 13.2 Å². The molecule has 1 saturated heterocycles. The standard InChI is InChI=1S/C20H24N2O5S/c1-16-5-4-7-18(13-16)27-15-20(23)21-14-17-6-2-3-8-19(17)28(24,25)22-9-11-26-12-10-22/h2-8,13H,9-12,14-15H2,1H3,(H,21,23). The summed E-state index contributed by atoms with van der Waals surface area (Å²) in [4.78, 5) is 12.3. The molecule has 2 aromatic carbocycles. The second-order valence-corrected chi connectivity index (χ2v) is 8.41. The molecular weight excluding hydrogens is 380 g/mol. The molecule has 1 aliphatic rings. The van der Waals surface area contributed by atoms with Crippen LogP contribution in [0, 0.1) is 6.92 Å². The average molecular weight is 404 g/mol. The number of ether oxygens (including phenoxy) is 2. The molecule has 0 aliphatic carbocycles. The molecule has 1 N–H and O–H groups in total. The molecule has 0 atom stereocenters. The number of hydrogen-bond donors (Lipinski definition) is 1. The molecule has 2 aromatic rings. The first-order valence-corrected chi connectivity index (χ1v) is 10.5. The Bertz CT molecular complexity index is 924. The highest BCUT2D eigenvalue weighted by Gasteiger charge is 2.28. The molecule has 1 amide bonds. The van der Waals surface area contributed by atoms with Crippen LogP contribution < -0.4 is 10.1 Å². The smallest absolute Gasteiger partial charge is 0.258 e. The minimum atomic E-state index is -3.63. The fraction of sp³-hybridized carbons (Fsp3) is 0.350. The molecule has 0 aromatic heterocycles. The minimum absolute atomic E-state index is 0.107. The number of hydrogen-bond acceptors (Lipinski definition) is 5. The molecule has 1 aliphatic heterocycles. The maximum atomic E-state index is 12.9. The van der Waals surface area contributed by atoms with E-state index in [0.717, 1.165) is 5.56 Å². The summed E-state index contributed by atoms with van der Waals surface area (Å²) < 4.78 is 38.0. The van der Waals surface area contributed by atoms with Gasteiger partial charge in [-0.2, -0.15) is 4.31 Å². The van der Waals surface area contributed by atoms with Gasteiger partial charge in [0.1, 0.15) is 5.75 Å². The average Bonchev–Trinajstić information content (AvgIpc) is 2.71. The largest absolute Gasteiger partial charge is 0.484 e. The molecule has 0 unspecified atom stereocenters. The van der Waals surface area contributed by atoms with Crippen LogP contribution in [-0.2, 0) is 26.1 Å². The van der Waals surface area contributed by atoms with Crippen molar-refractivity contribution < 1.29 is 22.7 Å². The highest BCUT2D eigenvalue weighted by atomic mass is 32.2. The summed E-state index contributed by atoms with van der Waals surface area (Å²) in [6.07, 6.45) is 0. The van der Waals surface area contributed by atoms with Crippen molar-refractivity contribution in [2.24, 2.45) is 0 Å². The van der Waals surface area contributed by atoms with Crippen LogP contribution in [-0.4, -0.2) is 51.5 Å². The summed E-state index contributed by atoms with van der Waals surface area (Å²) in [6, 6.07) is 14.1. The molecule has 0 spiro atoms. The second-order valence-electron chi connectivity index (χ2n) is 6.51. The van der Waals surface area contributed by atoms with Crippen molar-refractivity contribution in [2.45, 2.75) is 18.4 Å². The van der Waals surface area contributed by atoms with Crippen molar-refractivity contribution in [3.8, 4) is 5.75 Å². The summed E-state index contributed by atoms with van der Waals surface area (Å²) in [5.74, 6) is 0.297. The van der Waals surface area contributed by atoms with Gasteiger partial charge in [0.2, 0.25) is 10.0 Å². The maximum Gasteiger partial charge on any atom is 0.258 e. The third-order valence-corrected chi connectivity index (χ3v) is 6.40. The normalized spacial score (nSPS) is 15.2. The Labute approximate surface area is 165 Å². The van der Waals surface area contributed by atoms with Crippen LogP contribution in [0.25, 0.3) is 0 Å². The predicted octanol–water partition coefficient (Wildman–Crippen LogP) is 1.71. The van der Waals surface area contributed by atoms with Gasteiger partial charge in [-0.25, -0.2) is 8.42 Å². The molecule has 150 valence electrons. The zero-order chi connectivity index (χ0) is 20.0. The van der Waals surface area contributed by atoms with E-state index in [1.54, 1.807) is 30.3 Å². The Morgan fingerprint density at radius 2 is 1.89 bits per heavy atom. The third kappa shape index (κ3) is 5.09. The fourth-order valence-corrected chi connectivity index (χ4v) is 4.56. The van der Waals surface area contributed by atoms with Gasteiger partial charge in [0.25, 0.3) is 5.91 Å².